The Hall–Kier alpha value is -1.14. The number of nitrogens with two attached hydrogens (primary N) is 1. The molecule has 6 heteroatoms. The summed E-state index contributed by atoms with van der Waals surface area (Å²) in [4.78, 5) is 3.94. The number of hydrogen-bond acceptors (Lipinski definition) is 4. The average Bonchev–Trinajstić information content (AvgIpc) is 2.38. The number of hydrogen-bond donors (Lipinski definition) is 1. The molecular weight excluding hydrogens is 274 g/mol. The van der Waals surface area contributed by atoms with Crippen LogP contribution < -0.4 is 5.73 Å². The maximum absolute atomic E-state index is 12.5. The molecule has 0 amide bonds. The van der Waals surface area contributed by atoms with Crippen molar-refractivity contribution in [2.75, 3.05) is 18.8 Å². The number of pyridine rings is 1. The van der Waals surface area contributed by atoms with Crippen molar-refractivity contribution in [2.45, 2.75) is 38.6 Å². The van der Waals surface area contributed by atoms with Crippen LogP contribution in [0.15, 0.2) is 23.4 Å². The Morgan fingerprint density at radius 1 is 1.30 bits per heavy atom. The minimum absolute atomic E-state index is 0.0193. The van der Waals surface area contributed by atoms with E-state index in [2.05, 4.69) is 25.8 Å². The number of nitrogen functional groups attached to an aromatic ring is 1. The second-order valence-electron chi connectivity index (χ2n) is 6.44. The molecule has 1 saturated heterocycles. The first kappa shape index (κ1) is 15.3. The Balaban J connectivity index is 2.16. The lowest BCUT2D eigenvalue weighted by Gasteiger charge is -2.38. The molecule has 1 aliphatic heterocycles. The van der Waals surface area contributed by atoms with Crippen molar-refractivity contribution in [2.24, 2.45) is 11.3 Å². The van der Waals surface area contributed by atoms with Crippen molar-refractivity contribution in [1.82, 2.24) is 9.29 Å². The number of anilines is 1. The zero-order valence-electron chi connectivity index (χ0n) is 12.3. The molecule has 0 unspecified atom stereocenters. The van der Waals surface area contributed by atoms with Crippen molar-refractivity contribution in [1.29, 1.82) is 0 Å². The van der Waals surface area contributed by atoms with Crippen LogP contribution >= 0.6 is 0 Å². The molecule has 2 rings (SSSR count). The molecule has 1 fully saturated rings. The van der Waals surface area contributed by atoms with E-state index in [0.717, 1.165) is 12.8 Å². The van der Waals surface area contributed by atoms with Gasteiger partial charge in [0.2, 0.25) is 0 Å². The first-order valence-electron chi connectivity index (χ1n) is 6.93. The van der Waals surface area contributed by atoms with Crippen LogP contribution in [0.3, 0.4) is 0 Å². The van der Waals surface area contributed by atoms with Gasteiger partial charge in [0.15, 0.2) is 5.03 Å². The van der Waals surface area contributed by atoms with E-state index in [1.807, 2.05) is 0 Å². The van der Waals surface area contributed by atoms with Crippen LogP contribution in [0.1, 0.15) is 33.6 Å². The summed E-state index contributed by atoms with van der Waals surface area (Å²) in [7, 11) is -3.56. The summed E-state index contributed by atoms with van der Waals surface area (Å²) >= 11 is 0. The summed E-state index contributed by atoms with van der Waals surface area (Å²) in [6, 6.07) is 3.21. The van der Waals surface area contributed by atoms with Gasteiger partial charge in [0.05, 0.1) is 5.69 Å². The van der Waals surface area contributed by atoms with Gasteiger partial charge in [-0.25, -0.2) is 13.4 Å². The van der Waals surface area contributed by atoms with Gasteiger partial charge in [-0.2, -0.15) is 4.31 Å². The van der Waals surface area contributed by atoms with Crippen molar-refractivity contribution < 1.29 is 8.42 Å². The third-order valence-electron chi connectivity index (χ3n) is 4.06. The van der Waals surface area contributed by atoms with Gasteiger partial charge in [-0.1, -0.05) is 20.8 Å². The number of piperidine rings is 1. The number of rotatable bonds is 2. The fraction of sp³-hybridized carbons (Fsp3) is 0.643. The minimum Gasteiger partial charge on any atom is -0.396 e. The smallest absolute Gasteiger partial charge is 0.262 e. The van der Waals surface area contributed by atoms with Crippen molar-refractivity contribution in [3.8, 4) is 0 Å². The summed E-state index contributed by atoms with van der Waals surface area (Å²) < 4.78 is 26.6. The quantitative estimate of drug-likeness (QED) is 0.907. The van der Waals surface area contributed by atoms with E-state index >= 15 is 0 Å². The SMILES string of the molecule is CC(C)(C)C1CCN(S(=O)(=O)c2ncccc2N)CC1. The molecule has 0 aromatic carbocycles. The molecule has 0 radical (unpaired) electrons. The Morgan fingerprint density at radius 2 is 1.90 bits per heavy atom. The van der Waals surface area contributed by atoms with Crippen LogP contribution in [-0.4, -0.2) is 30.8 Å². The average molecular weight is 297 g/mol. The van der Waals surface area contributed by atoms with E-state index in [-0.39, 0.29) is 16.1 Å². The second kappa shape index (κ2) is 5.33. The zero-order valence-corrected chi connectivity index (χ0v) is 13.2. The number of nitrogens with zero attached hydrogens (tertiary/aromatic N) is 2. The van der Waals surface area contributed by atoms with Gasteiger partial charge in [-0.15, -0.1) is 0 Å². The summed E-state index contributed by atoms with van der Waals surface area (Å²) in [5.74, 6) is 0.551. The summed E-state index contributed by atoms with van der Waals surface area (Å²) in [6.07, 6.45) is 3.23. The normalized spacial score (nSPS) is 19.1. The summed E-state index contributed by atoms with van der Waals surface area (Å²) in [5, 5.41) is -0.0193. The van der Waals surface area contributed by atoms with Crippen molar-refractivity contribution >= 4 is 15.7 Å². The molecule has 1 aromatic heterocycles. The van der Waals surface area contributed by atoms with E-state index < -0.39 is 10.0 Å². The molecule has 0 spiro atoms. The largest absolute Gasteiger partial charge is 0.396 e. The van der Waals surface area contributed by atoms with Crippen LogP contribution in [0.5, 0.6) is 0 Å². The molecule has 112 valence electrons. The van der Waals surface area contributed by atoms with Crippen molar-refractivity contribution in [3.05, 3.63) is 18.3 Å². The van der Waals surface area contributed by atoms with E-state index in [0.29, 0.717) is 19.0 Å². The van der Waals surface area contributed by atoms with E-state index in [1.165, 1.54) is 10.5 Å². The van der Waals surface area contributed by atoms with Crippen LogP contribution in [-0.2, 0) is 10.0 Å². The topological polar surface area (TPSA) is 76.3 Å². The predicted molar refractivity (Wildman–Crippen MR) is 79.6 cm³/mol. The van der Waals surface area contributed by atoms with Crippen LogP contribution in [0, 0.1) is 11.3 Å². The highest BCUT2D eigenvalue weighted by molar-refractivity contribution is 7.89. The molecule has 20 heavy (non-hydrogen) atoms. The highest BCUT2D eigenvalue weighted by Crippen LogP contribution is 2.35. The third kappa shape index (κ3) is 2.96. The van der Waals surface area contributed by atoms with E-state index in [1.54, 1.807) is 12.1 Å². The standard InChI is InChI=1S/C14H23N3O2S/c1-14(2,3)11-6-9-17(10-7-11)20(18,19)13-12(15)5-4-8-16-13/h4-5,8,11H,6-7,9-10,15H2,1-3H3. The van der Waals surface area contributed by atoms with E-state index in [9.17, 15) is 8.42 Å². The fourth-order valence-corrected chi connectivity index (χ4v) is 4.20. The van der Waals surface area contributed by atoms with Crippen LogP contribution in [0.2, 0.25) is 0 Å². The fourth-order valence-electron chi connectivity index (χ4n) is 2.70. The molecule has 0 bridgehead atoms. The Morgan fingerprint density at radius 3 is 2.40 bits per heavy atom. The molecular formula is C14H23N3O2S. The maximum Gasteiger partial charge on any atom is 0.262 e. The molecule has 0 atom stereocenters. The molecule has 0 aliphatic carbocycles. The molecule has 5 nitrogen and oxygen atoms in total. The predicted octanol–water partition coefficient (Wildman–Crippen LogP) is 2.11. The summed E-state index contributed by atoms with van der Waals surface area (Å²) in [5.41, 5.74) is 6.18. The first-order valence-corrected chi connectivity index (χ1v) is 8.37. The Bertz CT molecular complexity index is 570. The first-order chi connectivity index (χ1) is 9.23. The second-order valence-corrected chi connectivity index (χ2v) is 8.30. The highest BCUT2D eigenvalue weighted by Gasteiger charge is 2.35. The molecule has 1 aromatic rings. The number of sulfonamides is 1. The number of aromatic nitrogens is 1. The zero-order chi connectivity index (χ0) is 15.0. The lowest BCUT2D eigenvalue weighted by atomic mass is 9.76. The van der Waals surface area contributed by atoms with Crippen LogP contribution in [0.4, 0.5) is 5.69 Å². The molecule has 2 N–H and O–H groups in total. The van der Waals surface area contributed by atoms with Gasteiger partial charge >= 0.3 is 0 Å². The minimum atomic E-state index is -3.56. The highest BCUT2D eigenvalue weighted by atomic mass is 32.2. The third-order valence-corrected chi connectivity index (χ3v) is 5.94. The Labute approximate surface area is 121 Å². The lowest BCUT2D eigenvalue weighted by molar-refractivity contribution is 0.154. The van der Waals surface area contributed by atoms with Gasteiger partial charge in [0.25, 0.3) is 10.0 Å². The van der Waals surface area contributed by atoms with Crippen LogP contribution in [0.25, 0.3) is 0 Å². The van der Waals surface area contributed by atoms with Gasteiger partial charge in [-0.3, -0.25) is 0 Å². The lowest BCUT2D eigenvalue weighted by Crippen LogP contribution is -2.41. The molecule has 0 saturated carbocycles. The maximum atomic E-state index is 12.5. The summed E-state index contributed by atoms with van der Waals surface area (Å²) in [6.45, 7) is 7.70. The molecule has 1 aliphatic rings. The van der Waals surface area contributed by atoms with Gasteiger partial charge < -0.3 is 5.73 Å². The van der Waals surface area contributed by atoms with E-state index in [4.69, 9.17) is 5.73 Å². The monoisotopic (exact) mass is 297 g/mol. The van der Waals surface area contributed by atoms with Gasteiger partial charge in [-0.05, 0) is 36.3 Å². The molecule has 2 heterocycles. The Kier molecular flexibility index (Phi) is 4.07. The van der Waals surface area contributed by atoms with Gasteiger partial charge in [0, 0.05) is 19.3 Å². The van der Waals surface area contributed by atoms with Gasteiger partial charge in [0.1, 0.15) is 0 Å². The van der Waals surface area contributed by atoms with Crippen molar-refractivity contribution in [3.63, 3.8) is 0 Å².